The number of aliphatic imine (C=N–C) groups is 1. The third-order valence-corrected chi connectivity index (χ3v) is 7.45. The normalized spacial score (nSPS) is 22.1. The number of nitrogens with one attached hydrogen (secondary N) is 2. The predicted octanol–water partition coefficient (Wildman–Crippen LogP) is 3.50. The molecule has 1 aliphatic heterocycles. The van der Waals surface area contributed by atoms with Gasteiger partial charge in [0.15, 0.2) is 5.96 Å². The Labute approximate surface area is 186 Å². The van der Waals surface area contributed by atoms with E-state index in [0.29, 0.717) is 18.3 Å². The van der Waals surface area contributed by atoms with Crippen molar-refractivity contribution in [3.8, 4) is 0 Å². The molecule has 2 aliphatic rings. The lowest BCUT2D eigenvalue weighted by molar-refractivity contribution is 0.119. The van der Waals surface area contributed by atoms with E-state index in [0.717, 1.165) is 18.5 Å². The standard InChI is InChI=1S/C20H40N4OS.HI/c1-5-21-19(22-13-16-26(25)20(2,3)4)23-17-11-14-24(15-12-17)18-9-7-6-8-10-18;/h17-18H,5-16H2,1-4H3,(H2,21,22,23);1H. The van der Waals surface area contributed by atoms with Crippen LogP contribution in [0.3, 0.4) is 0 Å². The van der Waals surface area contributed by atoms with Crippen molar-refractivity contribution in [2.24, 2.45) is 4.99 Å². The van der Waals surface area contributed by atoms with Crippen LogP contribution in [0.5, 0.6) is 0 Å². The first-order chi connectivity index (χ1) is 12.4. The van der Waals surface area contributed by atoms with Gasteiger partial charge in [-0.3, -0.25) is 9.20 Å². The minimum atomic E-state index is -0.841. The quantitative estimate of drug-likeness (QED) is 0.325. The number of hydrogen-bond acceptors (Lipinski definition) is 3. The average Bonchev–Trinajstić information content (AvgIpc) is 2.62. The van der Waals surface area contributed by atoms with Crippen LogP contribution in [0.25, 0.3) is 0 Å². The lowest BCUT2D eigenvalue weighted by Gasteiger charge is -2.39. The smallest absolute Gasteiger partial charge is 0.191 e. The van der Waals surface area contributed by atoms with Crippen LogP contribution in [0.15, 0.2) is 4.99 Å². The van der Waals surface area contributed by atoms with Crippen LogP contribution in [0, 0.1) is 0 Å². The summed E-state index contributed by atoms with van der Waals surface area (Å²) in [4.78, 5) is 7.37. The topological polar surface area (TPSA) is 56.7 Å². The summed E-state index contributed by atoms with van der Waals surface area (Å²) in [7, 11) is -0.841. The van der Waals surface area contributed by atoms with Crippen LogP contribution in [0.1, 0.15) is 72.6 Å². The van der Waals surface area contributed by atoms with E-state index in [1.165, 1.54) is 58.0 Å². The summed E-state index contributed by atoms with van der Waals surface area (Å²) in [5, 5.41) is 6.95. The van der Waals surface area contributed by atoms with Gasteiger partial charge in [0, 0.05) is 53.0 Å². The van der Waals surface area contributed by atoms with Crippen LogP contribution < -0.4 is 10.6 Å². The molecule has 1 saturated heterocycles. The second-order valence-electron chi connectivity index (χ2n) is 8.67. The van der Waals surface area contributed by atoms with Gasteiger partial charge in [0.25, 0.3) is 0 Å². The maximum atomic E-state index is 12.2. The molecule has 2 fully saturated rings. The largest absolute Gasteiger partial charge is 0.357 e. The Morgan fingerprint density at radius 1 is 1.11 bits per heavy atom. The lowest BCUT2D eigenvalue weighted by atomic mass is 9.92. The third-order valence-electron chi connectivity index (χ3n) is 5.54. The highest BCUT2D eigenvalue weighted by Crippen LogP contribution is 2.25. The summed E-state index contributed by atoms with van der Waals surface area (Å²) in [6.45, 7) is 12.0. The number of hydrogen-bond donors (Lipinski definition) is 2. The van der Waals surface area contributed by atoms with E-state index in [9.17, 15) is 4.21 Å². The molecule has 2 rings (SSSR count). The fourth-order valence-electron chi connectivity index (χ4n) is 3.92. The summed E-state index contributed by atoms with van der Waals surface area (Å²) < 4.78 is 12.0. The Bertz CT molecular complexity index is 467. The molecule has 0 aromatic carbocycles. The van der Waals surface area contributed by atoms with Crippen LogP contribution in [-0.4, -0.2) is 63.8 Å². The monoisotopic (exact) mass is 512 g/mol. The Balaban J connectivity index is 0.00000364. The fourth-order valence-corrected chi connectivity index (χ4v) is 4.78. The van der Waals surface area contributed by atoms with Crippen LogP contribution in [-0.2, 0) is 10.8 Å². The van der Waals surface area contributed by atoms with Gasteiger partial charge in [0.1, 0.15) is 0 Å². The molecule has 1 heterocycles. The number of halogens is 1. The molecule has 0 amide bonds. The van der Waals surface area contributed by atoms with Crippen molar-refractivity contribution in [2.75, 3.05) is 31.9 Å². The van der Waals surface area contributed by atoms with Crippen molar-refractivity contribution in [2.45, 2.75) is 89.5 Å². The Morgan fingerprint density at radius 3 is 2.30 bits per heavy atom. The summed E-state index contributed by atoms with van der Waals surface area (Å²) in [6.07, 6.45) is 9.42. The zero-order chi connectivity index (χ0) is 19.0. The molecule has 0 aromatic heterocycles. The van der Waals surface area contributed by atoms with Crippen LogP contribution >= 0.6 is 24.0 Å². The number of piperidine rings is 1. The van der Waals surface area contributed by atoms with Gasteiger partial charge in [-0.1, -0.05) is 19.3 Å². The van der Waals surface area contributed by atoms with Crippen LogP contribution in [0.2, 0.25) is 0 Å². The van der Waals surface area contributed by atoms with Crippen molar-refractivity contribution in [1.29, 1.82) is 0 Å². The first kappa shape index (κ1) is 25.1. The molecular formula is C20H41IN4OS. The predicted molar refractivity (Wildman–Crippen MR) is 129 cm³/mol. The SMILES string of the molecule is CCNC(=NCCS(=O)C(C)(C)C)NC1CCN(C2CCCCC2)CC1.I. The molecule has 0 radical (unpaired) electrons. The maximum absolute atomic E-state index is 12.2. The second kappa shape index (κ2) is 12.6. The van der Waals surface area contributed by atoms with E-state index in [1.807, 2.05) is 20.8 Å². The van der Waals surface area contributed by atoms with E-state index in [1.54, 1.807) is 0 Å². The number of likely N-dealkylation sites (tertiary alicyclic amines) is 1. The molecule has 1 saturated carbocycles. The molecule has 0 aromatic rings. The van der Waals surface area contributed by atoms with Gasteiger partial charge in [0.05, 0.1) is 6.54 Å². The Hall–Kier alpha value is 0.110. The van der Waals surface area contributed by atoms with Gasteiger partial charge >= 0.3 is 0 Å². The molecule has 2 N–H and O–H groups in total. The Morgan fingerprint density at radius 2 is 1.74 bits per heavy atom. The van der Waals surface area contributed by atoms with Gasteiger partial charge in [-0.25, -0.2) is 0 Å². The minimum Gasteiger partial charge on any atom is -0.357 e. The molecule has 1 atom stereocenters. The van der Waals surface area contributed by atoms with Gasteiger partial charge in [-0.2, -0.15) is 0 Å². The van der Waals surface area contributed by atoms with Gasteiger partial charge < -0.3 is 15.5 Å². The van der Waals surface area contributed by atoms with E-state index in [2.05, 4.69) is 27.4 Å². The maximum Gasteiger partial charge on any atom is 0.191 e. The molecule has 7 heteroatoms. The highest BCUT2D eigenvalue weighted by Gasteiger charge is 2.26. The molecule has 0 spiro atoms. The van der Waals surface area contributed by atoms with Crippen molar-refractivity contribution < 1.29 is 4.21 Å². The molecule has 5 nitrogen and oxygen atoms in total. The number of guanidine groups is 1. The summed E-state index contributed by atoms with van der Waals surface area (Å²) in [5.74, 6) is 1.51. The molecule has 160 valence electrons. The van der Waals surface area contributed by atoms with E-state index < -0.39 is 10.8 Å². The fraction of sp³-hybridized carbons (Fsp3) is 0.950. The number of rotatable bonds is 6. The zero-order valence-corrected chi connectivity index (χ0v) is 20.9. The van der Waals surface area contributed by atoms with E-state index in [4.69, 9.17) is 0 Å². The third kappa shape index (κ3) is 8.98. The van der Waals surface area contributed by atoms with Crippen LogP contribution in [0.4, 0.5) is 0 Å². The van der Waals surface area contributed by atoms with Gasteiger partial charge in [0.2, 0.25) is 0 Å². The molecular weight excluding hydrogens is 471 g/mol. The number of nitrogens with zero attached hydrogens (tertiary/aromatic N) is 2. The van der Waals surface area contributed by atoms with Crippen molar-refractivity contribution >= 4 is 40.7 Å². The molecule has 1 unspecified atom stereocenters. The summed E-state index contributed by atoms with van der Waals surface area (Å²) in [5.41, 5.74) is 0. The van der Waals surface area contributed by atoms with Crippen molar-refractivity contribution in [1.82, 2.24) is 15.5 Å². The van der Waals surface area contributed by atoms with Gasteiger partial charge in [-0.05, 0) is 53.4 Å². The average molecular weight is 513 g/mol. The summed E-state index contributed by atoms with van der Waals surface area (Å²) >= 11 is 0. The Kier molecular flexibility index (Phi) is 11.8. The first-order valence-corrected chi connectivity index (χ1v) is 11.9. The van der Waals surface area contributed by atoms with E-state index >= 15 is 0 Å². The highest BCUT2D eigenvalue weighted by atomic mass is 127. The first-order valence-electron chi connectivity index (χ1n) is 10.6. The zero-order valence-electron chi connectivity index (χ0n) is 17.8. The van der Waals surface area contributed by atoms with E-state index in [-0.39, 0.29) is 28.7 Å². The second-order valence-corrected chi connectivity index (χ2v) is 11.0. The van der Waals surface area contributed by atoms with Crippen molar-refractivity contribution in [3.05, 3.63) is 0 Å². The molecule has 27 heavy (non-hydrogen) atoms. The minimum absolute atomic E-state index is 0. The summed E-state index contributed by atoms with van der Waals surface area (Å²) in [6, 6.07) is 1.33. The lowest BCUT2D eigenvalue weighted by Crippen LogP contribution is -2.51. The highest BCUT2D eigenvalue weighted by molar-refractivity contribution is 14.0. The molecule has 0 bridgehead atoms. The van der Waals surface area contributed by atoms with Gasteiger partial charge in [-0.15, -0.1) is 24.0 Å². The van der Waals surface area contributed by atoms with Crippen molar-refractivity contribution in [3.63, 3.8) is 0 Å². The molecule has 1 aliphatic carbocycles.